The number of alkyl halides is 9. The van der Waals surface area contributed by atoms with Crippen molar-refractivity contribution in [1.82, 2.24) is 0 Å². The van der Waals surface area contributed by atoms with E-state index in [9.17, 15) is 52.7 Å². The number of allylic oxidation sites excluding steroid dienone is 2. The molecular formula is C10H7F9O4S. The fourth-order valence-corrected chi connectivity index (χ4v) is 2.58. The highest BCUT2D eigenvalue weighted by Crippen LogP contribution is 2.55. The minimum atomic E-state index is -7.37. The zero-order chi connectivity index (χ0) is 19.4. The van der Waals surface area contributed by atoms with Gasteiger partial charge in [0, 0.05) is 18.4 Å². The number of carbonyl (C=O) groups excluding carboxylic acids is 1. The van der Waals surface area contributed by atoms with E-state index >= 15 is 0 Å². The molecule has 14 heteroatoms. The van der Waals surface area contributed by atoms with Gasteiger partial charge in [-0.25, -0.2) is 0 Å². The minimum Gasteiger partial charge on any atom is -0.382 e. The van der Waals surface area contributed by atoms with Gasteiger partial charge in [-0.1, -0.05) is 0 Å². The van der Waals surface area contributed by atoms with E-state index < -0.39 is 63.4 Å². The highest BCUT2D eigenvalue weighted by atomic mass is 32.2. The Morgan fingerprint density at radius 3 is 1.67 bits per heavy atom. The van der Waals surface area contributed by atoms with E-state index in [2.05, 4.69) is 4.18 Å². The lowest BCUT2D eigenvalue weighted by Crippen LogP contribution is -2.63. The summed E-state index contributed by atoms with van der Waals surface area (Å²) < 4.78 is 140. The van der Waals surface area contributed by atoms with Gasteiger partial charge in [0.2, 0.25) is 0 Å². The van der Waals surface area contributed by atoms with Crippen LogP contribution in [0.1, 0.15) is 19.8 Å². The van der Waals surface area contributed by atoms with Crippen LogP contribution in [-0.2, 0) is 19.1 Å². The van der Waals surface area contributed by atoms with E-state index in [1.54, 1.807) is 0 Å². The molecule has 0 radical (unpaired) electrons. The summed E-state index contributed by atoms with van der Waals surface area (Å²) >= 11 is 0. The van der Waals surface area contributed by atoms with Crippen LogP contribution in [-0.4, -0.2) is 37.5 Å². The van der Waals surface area contributed by atoms with Crippen LogP contribution in [0.2, 0.25) is 0 Å². The maximum absolute atomic E-state index is 13.3. The van der Waals surface area contributed by atoms with E-state index in [-0.39, 0.29) is 0 Å². The molecular weight excluding hydrogens is 387 g/mol. The Bertz CT molecular complexity index is 675. The third kappa shape index (κ3) is 2.84. The number of hydrogen-bond donors (Lipinski definition) is 0. The molecule has 0 unspecified atom stereocenters. The molecule has 4 nitrogen and oxygen atoms in total. The smallest absolute Gasteiger partial charge is 0.382 e. The van der Waals surface area contributed by atoms with Crippen molar-refractivity contribution in [2.45, 2.75) is 43.0 Å². The van der Waals surface area contributed by atoms with E-state index in [0.29, 0.717) is 0 Å². The predicted octanol–water partition coefficient (Wildman–Crippen LogP) is 3.40. The summed E-state index contributed by atoms with van der Waals surface area (Å²) in [5.41, 5.74) is -0.555. The fourth-order valence-electron chi connectivity index (χ4n) is 1.56. The van der Waals surface area contributed by atoms with Crippen molar-refractivity contribution in [3.8, 4) is 0 Å². The van der Waals surface area contributed by atoms with Crippen LogP contribution in [0.3, 0.4) is 0 Å². The molecule has 0 fully saturated rings. The molecule has 0 N–H and O–H groups in total. The zero-order valence-corrected chi connectivity index (χ0v) is 12.2. The number of halogens is 9. The Morgan fingerprint density at radius 1 is 0.875 bits per heavy atom. The van der Waals surface area contributed by atoms with E-state index in [1.165, 1.54) is 0 Å². The zero-order valence-electron chi connectivity index (χ0n) is 11.4. The highest BCUT2D eigenvalue weighted by Gasteiger charge is 2.86. The molecule has 0 bridgehead atoms. The summed E-state index contributed by atoms with van der Waals surface area (Å²) in [5.74, 6) is -16.6. The van der Waals surface area contributed by atoms with Crippen LogP contribution in [0.5, 0.6) is 0 Å². The molecule has 140 valence electrons. The van der Waals surface area contributed by atoms with Crippen molar-refractivity contribution < 1.29 is 56.9 Å². The Labute approximate surface area is 128 Å². The number of hydrogen-bond acceptors (Lipinski definition) is 4. The van der Waals surface area contributed by atoms with Crippen LogP contribution in [0.25, 0.3) is 0 Å². The van der Waals surface area contributed by atoms with E-state index in [4.69, 9.17) is 0 Å². The van der Waals surface area contributed by atoms with Gasteiger partial charge in [-0.2, -0.15) is 47.9 Å². The normalized spacial score (nSPS) is 18.3. The molecule has 0 saturated carbocycles. The molecule has 24 heavy (non-hydrogen) atoms. The molecule has 1 aliphatic rings. The Hall–Kier alpha value is -1.47. The summed E-state index contributed by atoms with van der Waals surface area (Å²) in [6.07, 6.45) is -8.22. The molecule has 0 spiro atoms. The second kappa shape index (κ2) is 5.52. The lowest BCUT2D eigenvalue weighted by molar-refractivity contribution is -0.382. The molecule has 0 aliphatic heterocycles. The SMILES string of the molecule is CC1=C(OS(=O)(=O)C(F)(F)C(F)(F)C(F)(F)C(F)(F)F)CCC1=O. The third-order valence-corrected chi connectivity index (χ3v) is 4.36. The van der Waals surface area contributed by atoms with Gasteiger partial charge in [0.15, 0.2) is 5.78 Å². The maximum atomic E-state index is 13.3. The van der Waals surface area contributed by atoms with Crippen molar-refractivity contribution in [3.63, 3.8) is 0 Å². The van der Waals surface area contributed by atoms with E-state index in [0.717, 1.165) is 6.92 Å². The third-order valence-electron chi connectivity index (χ3n) is 3.06. The number of rotatable bonds is 5. The Morgan fingerprint density at radius 2 is 1.33 bits per heavy atom. The molecule has 0 aromatic rings. The minimum absolute atomic E-state index is 0.433. The molecule has 0 aromatic heterocycles. The number of carbonyl (C=O) groups is 1. The van der Waals surface area contributed by atoms with Gasteiger partial charge >= 0.3 is 33.4 Å². The molecule has 0 aromatic carbocycles. The Kier molecular flexibility index (Phi) is 4.74. The maximum Gasteiger partial charge on any atom is 0.460 e. The van der Waals surface area contributed by atoms with E-state index in [1.807, 2.05) is 0 Å². The van der Waals surface area contributed by atoms with Crippen LogP contribution < -0.4 is 0 Å². The first-order valence-corrected chi connectivity index (χ1v) is 7.18. The number of ketones is 1. The molecule has 0 amide bonds. The van der Waals surface area contributed by atoms with Crippen molar-refractivity contribution >= 4 is 15.9 Å². The lowest BCUT2D eigenvalue weighted by Gasteiger charge is -2.32. The van der Waals surface area contributed by atoms with Gasteiger partial charge in [0.25, 0.3) is 0 Å². The van der Waals surface area contributed by atoms with Crippen molar-refractivity contribution in [1.29, 1.82) is 0 Å². The number of Topliss-reactive ketones (excluding diaryl/α,β-unsaturated/α-hetero) is 1. The monoisotopic (exact) mass is 394 g/mol. The largest absolute Gasteiger partial charge is 0.460 e. The highest BCUT2D eigenvalue weighted by molar-refractivity contribution is 7.88. The van der Waals surface area contributed by atoms with Gasteiger partial charge in [0.1, 0.15) is 5.76 Å². The summed E-state index contributed by atoms with van der Waals surface area (Å²) in [6.45, 7) is 0.876. The summed E-state index contributed by atoms with van der Waals surface area (Å²) in [6, 6.07) is 0. The van der Waals surface area contributed by atoms with Gasteiger partial charge in [-0.15, -0.1) is 0 Å². The lowest BCUT2D eigenvalue weighted by atomic mass is 10.1. The van der Waals surface area contributed by atoms with Crippen LogP contribution in [0.4, 0.5) is 39.5 Å². The molecule has 1 aliphatic carbocycles. The summed E-state index contributed by atoms with van der Waals surface area (Å²) in [5, 5.41) is -6.93. The van der Waals surface area contributed by atoms with Crippen molar-refractivity contribution in [2.75, 3.05) is 0 Å². The molecule has 0 atom stereocenters. The molecule has 0 heterocycles. The van der Waals surface area contributed by atoms with Crippen LogP contribution >= 0.6 is 0 Å². The molecule has 0 saturated heterocycles. The van der Waals surface area contributed by atoms with Gasteiger partial charge in [-0.3, -0.25) is 4.79 Å². The second-order valence-corrected chi connectivity index (χ2v) is 6.26. The predicted molar refractivity (Wildman–Crippen MR) is 57.8 cm³/mol. The standard InChI is InChI=1S/C10H7F9O4S/c1-4-5(20)2-3-6(4)23-24(21,22)10(18,19)8(13,14)7(11,12)9(15,16)17/h2-3H2,1H3. The van der Waals surface area contributed by atoms with Gasteiger partial charge in [-0.05, 0) is 6.92 Å². The average Bonchev–Trinajstić information content (AvgIpc) is 2.68. The quantitative estimate of drug-likeness (QED) is 0.530. The van der Waals surface area contributed by atoms with Crippen LogP contribution in [0.15, 0.2) is 11.3 Å². The fraction of sp³-hybridized carbons (Fsp3) is 0.700. The summed E-state index contributed by atoms with van der Waals surface area (Å²) in [4.78, 5) is 11.1. The van der Waals surface area contributed by atoms with Gasteiger partial charge < -0.3 is 4.18 Å². The van der Waals surface area contributed by atoms with Gasteiger partial charge in [0.05, 0.1) is 0 Å². The van der Waals surface area contributed by atoms with Crippen molar-refractivity contribution in [3.05, 3.63) is 11.3 Å². The first-order valence-electron chi connectivity index (χ1n) is 5.77. The Balaban J connectivity index is 3.34. The first-order chi connectivity index (χ1) is 10.4. The van der Waals surface area contributed by atoms with Crippen molar-refractivity contribution in [2.24, 2.45) is 0 Å². The van der Waals surface area contributed by atoms with Crippen LogP contribution in [0, 0.1) is 0 Å². The average molecular weight is 394 g/mol. The first kappa shape index (κ1) is 20.6. The topological polar surface area (TPSA) is 60.4 Å². The summed E-state index contributed by atoms with van der Waals surface area (Å²) in [7, 11) is -6.97. The molecule has 1 rings (SSSR count). The second-order valence-electron chi connectivity index (χ2n) is 4.67.